The van der Waals surface area contributed by atoms with E-state index < -0.39 is 0 Å². The highest BCUT2D eigenvalue weighted by Crippen LogP contribution is 2.19. The number of aryl methyl sites for hydroxylation is 2. The van der Waals surface area contributed by atoms with E-state index in [1.165, 1.54) is 12.8 Å². The molecule has 2 rings (SSSR count). The van der Waals surface area contributed by atoms with Gasteiger partial charge in [0.25, 0.3) is 0 Å². The molecule has 1 heterocycles. The number of hydrogen-bond donors (Lipinski definition) is 2. The van der Waals surface area contributed by atoms with E-state index in [0.717, 1.165) is 42.7 Å². The number of carbonyl (C=O) groups excluding carboxylic acids is 1. The van der Waals surface area contributed by atoms with Gasteiger partial charge in [-0.2, -0.15) is 0 Å². The first kappa shape index (κ1) is 16.3. The average Bonchev–Trinajstić information content (AvgIpc) is 2.78. The molecule has 0 unspecified atom stereocenters. The Hall–Kier alpha value is -2.04. The maximum Gasteiger partial charge on any atom is 0.326 e. The summed E-state index contributed by atoms with van der Waals surface area (Å²) in [4.78, 5) is 18.7. The minimum Gasteiger partial charge on any atom is -0.343 e. The fourth-order valence-electron chi connectivity index (χ4n) is 2.82. The summed E-state index contributed by atoms with van der Waals surface area (Å²) in [7, 11) is 1.72. The highest BCUT2D eigenvalue weighted by Gasteiger charge is 2.16. The van der Waals surface area contributed by atoms with Crippen molar-refractivity contribution in [2.45, 2.75) is 39.5 Å². The molecule has 0 aromatic heterocycles. The Morgan fingerprint density at radius 1 is 1.09 bits per heavy atom. The summed E-state index contributed by atoms with van der Waals surface area (Å²) in [6, 6.07) is 5.74. The molecule has 1 aromatic carbocycles. The minimum absolute atomic E-state index is 0.234. The van der Waals surface area contributed by atoms with Crippen molar-refractivity contribution < 1.29 is 4.79 Å². The Kier molecular flexibility index (Phi) is 5.81. The van der Waals surface area contributed by atoms with Crippen LogP contribution in [0.15, 0.2) is 23.2 Å². The SMILES string of the molecule is CN=C(NC(=O)Nc1c(C)cccc1C)N1CCCCCC1. The Balaban J connectivity index is 2.00. The Morgan fingerprint density at radius 3 is 2.23 bits per heavy atom. The largest absolute Gasteiger partial charge is 0.343 e. The van der Waals surface area contributed by atoms with E-state index in [1.807, 2.05) is 32.0 Å². The van der Waals surface area contributed by atoms with E-state index in [9.17, 15) is 4.79 Å². The zero-order chi connectivity index (χ0) is 15.9. The molecule has 1 aliphatic rings. The van der Waals surface area contributed by atoms with Gasteiger partial charge in [-0.15, -0.1) is 0 Å². The van der Waals surface area contributed by atoms with Crippen molar-refractivity contribution in [1.82, 2.24) is 10.2 Å². The lowest BCUT2D eigenvalue weighted by molar-refractivity contribution is 0.254. The number of hydrogen-bond acceptors (Lipinski definition) is 2. The highest BCUT2D eigenvalue weighted by atomic mass is 16.2. The first-order chi connectivity index (χ1) is 10.6. The van der Waals surface area contributed by atoms with Crippen molar-refractivity contribution in [2.75, 3.05) is 25.5 Å². The summed E-state index contributed by atoms with van der Waals surface area (Å²) < 4.78 is 0. The van der Waals surface area contributed by atoms with Crippen molar-refractivity contribution in [1.29, 1.82) is 0 Å². The number of carbonyl (C=O) groups is 1. The summed E-state index contributed by atoms with van der Waals surface area (Å²) >= 11 is 0. The van der Waals surface area contributed by atoms with Gasteiger partial charge in [-0.1, -0.05) is 31.0 Å². The molecule has 0 saturated carbocycles. The van der Waals surface area contributed by atoms with Crippen LogP contribution in [-0.4, -0.2) is 37.0 Å². The van der Waals surface area contributed by atoms with Crippen LogP contribution in [-0.2, 0) is 0 Å². The molecule has 5 nitrogen and oxygen atoms in total. The van der Waals surface area contributed by atoms with E-state index in [1.54, 1.807) is 7.05 Å². The molecule has 1 saturated heterocycles. The van der Waals surface area contributed by atoms with E-state index in [2.05, 4.69) is 20.5 Å². The lowest BCUT2D eigenvalue weighted by atomic mass is 10.1. The summed E-state index contributed by atoms with van der Waals surface area (Å²) in [5.74, 6) is 0.658. The van der Waals surface area contributed by atoms with Crippen LogP contribution in [0.3, 0.4) is 0 Å². The smallest absolute Gasteiger partial charge is 0.326 e. The van der Waals surface area contributed by atoms with Crippen molar-refractivity contribution in [3.05, 3.63) is 29.3 Å². The number of urea groups is 1. The Morgan fingerprint density at radius 2 is 1.68 bits per heavy atom. The third-order valence-electron chi connectivity index (χ3n) is 4.06. The molecule has 2 N–H and O–H groups in total. The number of nitrogens with one attached hydrogen (secondary N) is 2. The monoisotopic (exact) mass is 302 g/mol. The van der Waals surface area contributed by atoms with Crippen LogP contribution in [0.1, 0.15) is 36.8 Å². The molecule has 0 aliphatic carbocycles. The number of para-hydroxylation sites is 1. The van der Waals surface area contributed by atoms with Crippen LogP contribution in [0.5, 0.6) is 0 Å². The van der Waals surface area contributed by atoms with Crippen molar-refractivity contribution in [3.8, 4) is 0 Å². The maximum atomic E-state index is 12.3. The lowest BCUT2D eigenvalue weighted by Gasteiger charge is -2.24. The van der Waals surface area contributed by atoms with Crippen molar-refractivity contribution >= 4 is 17.7 Å². The second-order valence-electron chi connectivity index (χ2n) is 5.79. The molecule has 0 bridgehead atoms. The quantitative estimate of drug-likeness (QED) is 0.618. The van der Waals surface area contributed by atoms with Crippen LogP contribution in [0.2, 0.25) is 0 Å². The number of benzene rings is 1. The number of likely N-dealkylation sites (tertiary alicyclic amines) is 1. The van der Waals surface area contributed by atoms with Crippen molar-refractivity contribution in [3.63, 3.8) is 0 Å². The molecule has 22 heavy (non-hydrogen) atoms. The topological polar surface area (TPSA) is 56.7 Å². The molecule has 1 aliphatic heterocycles. The average molecular weight is 302 g/mol. The summed E-state index contributed by atoms with van der Waals surface area (Å²) in [6.07, 6.45) is 4.81. The van der Waals surface area contributed by atoms with Crippen LogP contribution >= 0.6 is 0 Å². The number of anilines is 1. The summed E-state index contributed by atoms with van der Waals surface area (Å²) in [5, 5.41) is 5.83. The van der Waals surface area contributed by atoms with Crippen LogP contribution < -0.4 is 10.6 Å². The minimum atomic E-state index is -0.234. The molecule has 2 amide bonds. The normalized spacial score (nSPS) is 16.1. The predicted octanol–water partition coefficient (Wildman–Crippen LogP) is 3.29. The molecule has 0 radical (unpaired) electrons. The third-order valence-corrected chi connectivity index (χ3v) is 4.06. The van der Waals surface area contributed by atoms with Crippen LogP contribution in [0.4, 0.5) is 10.5 Å². The lowest BCUT2D eigenvalue weighted by Crippen LogP contribution is -2.46. The van der Waals surface area contributed by atoms with Gasteiger partial charge in [-0.3, -0.25) is 10.3 Å². The van der Waals surface area contributed by atoms with E-state index >= 15 is 0 Å². The number of amides is 2. The number of nitrogens with zero attached hydrogens (tertiary/aromatic N) is 2. The van der Waals surface area contributed by atoms with E-state index in [4.69, 9.17) is 0 Å². The number of rotatable bonds is 1. The highest BCUT2D eigenvalue weighted by molar-refractivity contribution is 6.03. The van der Waals surface area contributed by atoms with Gasteiger partial charge in [0.1, 0.15) is 0 Å². The second-order valence-corrected chi connectivity index (χ2v) is 5.79. The van der Waals surface area contributed by atoms with Gasteiger partial charge in [-0.05, 0) is 37.8 Å². The van der Waals surface area contributed by atoms with E-state index in [-0.39, 0.29) is 6.03 Å². The summed E-state index contributed by atoms with van der Waals surface area (Å²) in [6.45, 7) is 5.89. The molecule has 5 heteroatoms. The van der Waals surface area contributed by atoms with Gasteiger partial charge in [0.05, 0.1) is 0 Å². The van der Waals surface area contributed by atoms with Crippen molar-refractivity contribution in [2.24, 2.45) is 4.99 Å². The summed E-state index contributed by atoms with van der Waals surface area (Å²) in [5.41, 5.74) is 2.98. The van der Waals surface area contributed by atoms with E-state index in [0.29, 0.717) is 5.96 Å². The van der Waals surface area contributed by atoms with Crippen LogP contribution in [0.25, 0.3) is 0 Å². The molecule has 0 atom stereocenters. The molecule has 1 fully saturated rings. The number of guanidine groups is 1. The number of aliphatic imine (C=N–C) groups is 1. The van der Waals surface area contributed by atoms with Gasteiger partial charge in [0.15, 0.2) is 0 Å². The van der Waals surface area contributed by atoms with Gasteiger partial charge < -0.3 is 10.2 Å². The standard InChI is InChI=1S/C17H26N4O/c1-13-9-8-10-14(2)15(13)19-17(22)20-16(18-3)21-11-6-4-5-7-12-21/h8-10H,4-7,11-12H2,1-3H3,(H2,18,19,20,22). The Labute approximate surface area is 132 Å². The zero-order valence-electron chi connectivity index (χ0n) is 13.8. The maximum absolute atomic E-state index is 12.3. The molecule has 1 aromatic rings. The third kappa shape index (κ3) is 4.23. The van der Waals surface area contributed by atoms with Gasteiger partial charge in [-0.25, -0.2) is 4.79 Å². The molecule has 120 valence electrons. The van der Waals surface area contributed by atoms with Gasteiger partial charge in [0.2, 0.25) is 5.96 Å². The van der Waals surface area contributed by atoms with Crippen LogP contribution in [0, 0.1) is 13.8 Å². The Bertz CT molecular complexity index is 525. The van der Waals surface area contributed by atoms with Gasteiger partial charge in [0, 0.05) is 25.8 Å². The fourth-order valence-corrected chi connectivity index (χ4v) is 2.82. The first-order valence-corrected chi connectivity index (χ1v) is 7.98. The fraction of sp³-hybridized carbons (Fsp3) is 0.529. The molecular weight excluding hydrogens is 276 g/mol. The first-order valence-electron chi connectivity index (χ1n) is 7.98. The van der Waals surface area contributed by atoms with Gasteiger partial charge >= 0.3 is 6.03 Å². The molecular formula is C17H26N4O. The predicted molar refractivity (Wildman–Crippen MR) is 91.5 cm³/mol. The zero-order valence-corrected chi connectivity index (χ0v) is 13.8. The second kappa shape index (κ2) is 7.82. The molecule has 0 spiro atoms.